The van der Waals surface area contributed by atoms with Gasteiger partial charge in [-0.3, -0.25) is 9.59 Å². The van der Waals surface area contributed by atoms with Crippen molar-refractivity contribution in [1.82, 2.24) is 4.98 Å². The highest BCUT2D eigenvalue weighted by Gasteiger charge is 2.29. The lowest BCUT2D eigenvalue weighted by Gasteiger charge is -2.17. The summed E-state index contributed by atoms with van der Waals surface area (Å²) in [5.74, 6) is -2.54. The van der Waals surface area contributed by atoms with Crippen LogP contribution >= 0.6 is 11.3 Å². The molecule has 1 aromatic carbocycles. The molecule has 1 saturated heterocycles. The Bertz CT molecular complexity index is 856. The molecule has 0 aliphatic carbocycles. The number of nitrogens with zero attached hydrogens (tertiary/aromatic N) is 3. The largest absolute Gasteiger partial charge is 0.312 e. The number of carbonyl (C=O) groups excluding carboxylic acids is 2. The van der Waals surface area contributed by atoms with E-state index in [-0.39, 0.29) is 11.5 Å². The molecule has 1 aliphatic rings. The predicted molar refractivity (Wildman–Crippen MR) is 87.5 cm³/mol. The van der Waals surface area contributed by atoms with Crippen LogP contribution in [0.15, 0.2) is 23.6 Å². The van der Waals surface area contributed by atoms with Crippen molar-refractivity contribution in [2.45, 2.75) is 25.7 Å². The smallest absolute Gasteiger partial charge is 0.227 e. The van der Waals surface area contributed by atoms with Crippen LogP contribution in [0, 0.1) is 24.1 Å². The number of anilines is 1. The number of aryl methyl sites for hydroxylation is 1. The second-order valence-electron chi connectivity index (χ2n) is 5.57. The van der Waals surface area contributed by atoms with Gasteiger partial charge in [-0.2, -0.15) is 5.26 Å². The SMILES string of the molecule is Cc1csc(C(C#N)C(=O)c2cc(N3CCCC3=O)ccc2F)n1. The van der Waals surface area contributed by atoms with Gasteiger partial charge < -0.3 is 4.90 Å². The summed E-state index contributed by atoms with van der Waals surface area (Å²) < 4.78 is 14.2. The Hall–Kier alpha value is -2.59. The fourth-order valence-corrected chi connectivity index (χ4v) is 3.51. The van der Waals surface area contributed by atoms with E-state index in [1.54, 1.807) is 12.3 Å². The van der Waals surface area contributed by atoms with Crippen molar-refractivity contribution in [3.8, 4) is 6.07 Å². The molecule has 7 heteroatoms. The van der Waals surface area contributed by atoms with Gasteiger partial charge in [0.25, 0.3) is 0 Å². The van der Waals surface area contributed by atoms with E-state index in [4.69, 9.17) is 0 Å². The van der Waals surface area contributed by atoms with Crippen molar-refractivity contribution >= 4 is 28.7 Å². The molecule has 122 valence electrons. The number of amides is 1. The van der Waals surface area contributed by atoms with Gasteiger partial charge in [-0.15, -0.1) is 11.3 Å². The number of hydrogen-bond donors (Lipinski definition) is 0. The average molecular weight is 343 g/mol. The van der Waals surface area contributed by atoms with E-state index in [1.165, 1.54) is 28.4 Å². The van der Waals surface area contributed by atoms with E-state index >= 15 is 0 Å². The Morgan fingerprint density at radius 2 is 2.29 bits per heavy atom. The van der Waals surface area contributed by atoms with Crippen molar-refractivity contribution in [2.24, 2.45) is 0 Å². The van der Waals surface area contributed by atoms with Gasteiger partial charge >= 0.3 is 0 Å². The number of nitriles is 1. The van der Waals surface area contributed by atoms with Gasteiger partial charge in [-0.25, -0.2) is 9.37 Å². The second kappa shape index (κ2) is 6.49. The van der Waals surface area contributed by atoms with Crippen molar-refractivity contribution in [3.05, 3.63) is 45.7 Å². The third-order valence-corrected chi connectivity index (χ3v) is 4.90. The molecule has 0 radical (unpaired) electrons. The van der Waals surface area contributed by atoms with Gasteiger partial charge in [0.05, 0.1) is 11.6 Å². The first-order valence-electron chi connectivity index (χ1n) is 7.47. The molecule has 1 amide bonds. The van der Waals surface area contributed by atoms with Gasteiger partial charge in [0.15, 0.2) is 11.7 Å². The molecule has 0 saturated carbocycles. The summed E-state index contributed by atoms with van der Waals surface area (Å²) in [7, 11) is 0. The monoisotopic (exact) mass is 343 g/mol. The molecule has 1 atom stereocenters. The number of hydrogen-bond acceptors (Lipinski definition) is 5. The number of aromatic nitrogens is 1. The summed E-state index contributed by atoms with van der Waals surface area (Å²) >= 11 is 1.20. The fourth-order valence-electron chi connectivity index (χ4n) is 2.68. The van der Waals surface area contributed by atoms with Crippen LogP contribution < -0.4 is 4.90 Å². The summed E-state index contributed by atoms with van der Waals surface area (Å²) in [5, 5.41) is 11.4. The highest BCUT2D eigenvalue weighted by Crippen LogP contribution is 2.28. The maximum absolute atomic E-state index is 14.2. The van der Waals surface area contributed by atoms with E-state index in [0.717, 1.165) is 12.5 Å². The van der Waals surface area contributed by atoms with Crippen LogP contribution in [-0.2, 0) is 4.79 Å². The quantitative estimate of drug-likeness (QED) is 0.799. The standard InChI is InChI=1S/C17H14FN3O2S/c1-10-9-24-17(20-10)13(8-19)16(23)12-7-11(4-5-14(12)18)21-6-2-3-15(21)22/h4-5,7,9,13H,2-3,6H2,1H3. The molecule has 0 N–H and O–H groups in total. The fraction of sp³-hybridized carbons (Fsp3) is 0.294. The number of carbonyl (C=O) groups is 2. The molecule has 2 heterocycles. The minimum absolute atomic E-state index is 0.0487. The maximum atomic E-state index is 14.2. The number of thiazole rings is 1. The third-order valence-electron chi connectivity index (χ3n) is 3.88. The third kappa shape index (κ3) is 2.93. The van der Waals surface area contributed by atoms with E-state index in [0.29, 0.717) is 29.4 Å². The maximum Gasteiger partial charge on any atom is 0.227 e. The Balaban J connectivity index is 1.97. The molecule has 24 heavy (non-hydrogen) atoms. The summed E-state index contributed by atoms with van der Waals surface area (Å²) in [6.45, 7) is 2.31. The first-order chi connectivity index (χ1) is 11.5. The number of benzene rings is 1. The number of ketones is 1. The van der Waals surface area contributed by atoms with Crippen LogP contribution in [0.1, 0.15) is 39.8 Å². The molecule has 5 nitrogen and oxygen atoms in total. The first-order valence-corrected chi connectivity index (χ1v) is 8.35. The van der Waals surface area contributed by atoms with Crippen molar-refractivity contribution in [3.63, 3.8) is 0 Å². The molecule has 0 bridgehead atoms. The molecule has 3 rings (SSSR count). The van der Waals surface area contributed by atoms with E-state index < -0.39 is 17.5 Å². The van der Waals surface area contributed by atoms with Gasteiger partial charge in [-0.05, 0) is 31.5 Å². The molecule has 0 spiro atoms. The summed E-state index contributed by atoms with van der Waals surface area (Å²) in [5.41, 5.74) is 1.00. The Morgan fingerprint density at radius 1 is 1.50 bits per heavy atom. The van der Waals surface area contributed by atoms with E-state index in [1.807, 2.05) is 6.07 Å². The number of Topliss-reactive ketones (excluding diaryl/α,β-unsaturated/α-hetero) is 1. The topological polar surface area (TPSA) is 74.1 Å². The zero-order valence-electron chi connectivity index (χ0n) is 13.0. The number of rotatable bonds is 4. The van der Waals surface area contributed by atoms with Crippen LogP contribution in [0.25, 0.3) is 0 Å². The summed E-state index contributed by atoms with van der Waals surface area (Å²) in [4.78, 5) is 30.2. The van der Waals surface area contributed by atoms with Crippen LogP contribution in [-0.4, -0.2) is 23.2 Å². The summed E-state index contributed by atoms with van der Waals surface area (Å²) in [6, 6.07) is 5.90. The lowest BCUT2D eigenvalue weighted by atomic mass is 9.98. The predicted octanol–water partition coefficient (Wildman–Crippen LogP) is 3.21. The Morgan fingerprint density at radius 3 is 2.88 bits per heavy atom. The second-order valence-corrected chi connectivity index (χ2v) is 6.46. The van der Waals surface area contributed by atoms with Crippen LogP contribution in [0.4, 0.5) is 10.1 Å². The number of halogens is 1. The molecule has 1 aliphatic heterocycles. The lowest BCUT2D eigenvalue weighted by Crippen LogP contribution is -2.24. The van der Waals surface area contributed by atoms with E-state index in [2.05, 4.69) is 4.98 Å². The zero-order valence-corrected chi connectivity index (χ0v) is 13.8. The van der Waals surface area contributed by atoms with Crippen LogP contribution in [0.2, 0.25) is 0 Å². The van der Waals surface area contributed by atoms with Gasteiger partial charge in [-0.1, -0.05) is 0 Å². The molecule has 1 fully saturated rings. The highest BCUT2D eigenvalue weighted by molar-refractivity contribution is 7.10. The van der Waals surface area contributed by atoms with Gasteiger partial charge in [0, 0.05) is 29.7 Å². The normalized spacial score (nSPS) is 15.4. The van der Waals surface area contributed by atoms with Crippen LogP contribution in [0.3, 0.4) is 0 Å². The Kier molecular flexibility index (Phi) is 4.40. The van der Waals surface area contributed by atoms with Crippen molar-refractivity contribution in [2.75, 3.05) is 11.4 Å². The van der Waals surface area contributed by atoms with Crippen molar-refractivity contribution < 1.29 is 14.0 Å². The molecular weight excluding hydrogens is 329 g/mol. The average Bonchev–Trinajstić information content (AvgIpc) is 3.17. The van der Waals surface area contributed by atoms with E-state index in [9.17, 15) is 19.2 Å². The zero-order chi connectivity index (χ0) is 17.3. The highest BCUT2D eigenvalue weighted by atomic mass is 32.1. The first kappa shape index (κ1) is 16.3. The minimum Gasteiger partial charge on any atom is -0.312 e. The van der Waals surface area contributed by atoms with Gasteiger partial charge in [0.1, 0.15) is 10.8 Å². The van der Waals surface area contributed by atoms with Crippen LogP contribution in [0.5, 0.6) is 0 Å². The minimum atomic E-state index is -1.15. The van der Waals surface area contributed by atoms with Crippen molar-refractivity contribution in [1.29, 1.82) is 5.26 Å². The van der Waals surface area contributed by atoms with Gasteiger partial charge in [0.2, 0.25) is 5.91 Å². The molecule has 2 aromatic rings. The summed E-state index contributed by atoms with van der Waals surface area (Å²) in [6.07, 6.45) is 1.18. The molecule has 1 aromatic heterocycles. The molecular formula is C17H14FN3O2S. The Labute approximate surface area is 142 Å². The lowest BCUT2D eigenvalue weighted by molar-refractivity contribution is -0.117. The molecule has 1 unspecified atom stereocenters.